The quantitative estimate of drug-likeness (QED) is 0.759. The van der Waals surface area contributed by atoms with Gasteiger partial charge in [0.15, 0.2) is 0 Å². The van der Waals surface area contributed by atoms with Crippen molar-refractivity contribution in [2.75, 3.05) is 18.8 Å². The Kier molecular flexibility index (Phi) is 6.06. The molecular formula is C12H16BrF3N2O2S. The van der Waals surface area contributed by atoms with E-state index in [9.17, 15) is 21.6 Å². The van der Waals surface area contributed by atoms with Crippen molar-refractivity contribution in [3.63, 3.8) is 0 Å². The van der Waals surface area contributed by atoms with Crippen molar-refractivity contribution in [2.45, 2.75) is 30.8 Å². The summed E-state index contributed by atoms with van der Waals surface area (Å²) in [6, 6.07) is 3.77. The number of rotatable bonds is 6. The van der Waals surface area contributed by atoms with E-state index in [1.807, 2.05) is 0 Å². The number of alkyl halides is 3. The number of hydrogen-bond donors (Lipinski definition) is 1. The summed E-state index contributed by atoms with van der Waals surface area (Å²) in [7, 11) is -4.23. The van der Waals surface area contributed by atoms with Crippen molar-refractivity contribution in [3.05, 3.63) is 22.7 Å². The maximum Gasteiger partial charge on any atom is 0.402 e. The number of sulfonamides is 1. The fourth-order valence-electron chi connectivity index (χ4n) is 1.65. The first-order valence-corrected chi connectivity index (χ1v) is 8.43. The van der Waals surface area contributed by atoms with Gasteiger partial charge in [0.05, 0.1) is 4.90 Å². The van der Waals surface area contributed by atoms with Crippen LogP contribution in [-0.4, -0.2) is 32.0 Å². The Morgan fingerprint density at radius 2 is 1.95 bits per heavy atom. The highest BCUT2D eigenvalue weighted by atomic mass is 79.9. The summed E-state index contributed by atoms with van der Waals surface area (Å²) < 4.78 is 63.3. The molecule has 0 aromatic heterocycles. The monoisotopic (exact) mass is 388 g/mol. The Labute approximate surface area is 130 Å². The Morgan fingerprint density at radius 1 is 1.33 bits per heavy atom. The highest BCUT2D eigenvalue weighted by Crippen LogP contribution is 2.27. The van der Waals surface area contributed by atoms with Crippen molar-refractivity contribution >= 4 is 31.6 Å². The predicted octanol–water partition coefficient (Wildman–Crippen LogP) is 3.38. The molecule has 0 heterocycles. The van der Waals surface area contributed by atoms with E-state index in [4.69, 9.17) is 5.73 Å². The molecule has 0 saturated carbocycles. The summed E-state index contributed by atoms with van der Waals surface area (Å²) in [5, 5.41) is 0. The van der Waals surface area contributed by atoms with Crippen LogP contribution in [0.2, 0.25) is 0 Å². The van der Waals surface area contributed by atoms with Gasteiger partial charge in [-0.2, -0.15) is 17.5 Å². The number of nitrogen functional groups attached to an aromatic ring is 1. The summed E-state index contributed by atoms with van der Waals surface area (Å²) in [6.45, 7) is 0.0790. The van der Waals surface area contributed by atoms with Gasteiger partial charge in [-0.1, -0.05) is 13.3 Å². The van der Waals surface area contributed by atoms with Gasteiger partial charge >= 0.3 is 6.18 Å². The lowest BCUT2D eigenvalue weighted by molar-refractivity contribution is -0.136. The maximum absolute atomic E-state index is 12.6. The molecule has 0 saturated heterocycles. The molecule has 1 aromatic rings. The normalized spacial score (nSPS) is 12.9. The third-order valence-corrected chi connectivity index (χ3v) is 5.29. The minimum atomic E-state index is -4.60. The molecule has 2 N–H and O–H groups in total. The van der Waals surface area contributed by atoms with Crippen LogP contribution in [-0.2, 0) is 10.0 Å². The van der Waals surface area contributed by atoms with Gasteiger partial charge in [0.2, 0.25) is 10.0 Å². The minimum absolute atomic E-state index is 0.151. The van der Waals surface area contributed by atoms with Gasteiger partial charge in [0.1, 0.15) is 6.54 Å². The summed E-state index contributed by atoms with van der Waals surface area (Å²) in [5.74, 6) is 0. The van der Waals surface area contributed by atoms with Gasteiger partial charge in [-0.3, -0.25) is 0 Å². The van der Waals surface area contributed by atoms with Gasteiger partial charge in [0, 0.05) is 16.7 Å². The molecule has 1 aromatic carbocycles. The lowest BCUT2D eigenvalue weighted by atomic mass is 10.3. The van der Waals surface area contributed by atoms with Gasteiger partial charge in [-0.15, -0.1) is 0 Å². The minimum Gasteiger partial charge on any atom is -0.398 e. The van der Waals surface area contributed by atoms with E-state index >= 15 is 0 Å². The third-order valence-electron chi connectivity index (χ3n) is 2.72. The summed E-state index contributed by atoms with van der Waals surface area (Å²) in [4.78, 5) is -0.247. The van der Waals surface area contributed by atoms with Crippen molar-refractivity contribution in [1.82, 2.24) is 4.31 Å². The summed E-state index contributed by atoms with van der Waals surface area (Å²) in [5.41, 5.74) is 5.74. The zero-order valence-corrected chi connectivity index (χ0v) is 13.7. The number of nitrogens with zero attached hydrogens (tertiary/aromatic N) is 1. The van der Waals surface area contributed by atoms with E-state index in [2.05, 4.69) is 15.9 Å². The van der Waals surface area contributed by atoms with E-state index in [1.165, 1.54) is 12.1 Å². The van der Waals surface area contributed by atoms with E-state index in [0.717, 1.165) is 6.07 Å². The molecule has 0 aliphatic heterocycles. The molecule has 0 aliphatic rings. The van der Waals surface area contributed by atoms with Gasteiger partial charge in [0.25, 0.3) is 0 Å². The number of hydrogen-bond acceptors (Lipinski definition) is 3. The largest absolute Gasteiger partial charge is 0.402 e. The molecule has 1 rings (SSSR count). The average molecular weight is 389 g/mol. The molecule has 0 spiro atoms. The van der Waals surface area contributed by atoms with E-state index in [0.29, 0.717) is 21.6 Å². The first-order chi connectivity index (χ1) is 9.58. The van der Waals surface area contributed by atoms with Gasteiger partial charge in [-0.25, -0.2) is 8.42 Å². The molecule has 120 valence electrons. The van der Waals surface area contributed by atoms with Crippen LogP contribution >= 0.6 is 15.9 Å². The Balaban J connectivity index is 3.16. The standard InChI is InChI=1S/C12H16BrF3N2O2S/c1-2-3-6-18(8-12(14,15)16)21(19,20)9-4-5-10(13)11(17)7-9/h4-5,7H,2-3,6,8,17H2,1H3. The number of benzene rings is 1. The molecular weight excluding hydrogens is 373 g/mol. The summed E-state index contributed by atoms with van der Waals surface area (Å²) >= 11 is 3.11. The second kappa shape index (κ2) is 6.97. The lowest BCUT2D eigenvalue weighted by Crippen LogP contribution is -2.39. The van der Waals surface area contributed by atoms with Crippen LogP contribution < -0.4 is 5.73 Å². The Hall–Kier alpha value is -0.800. The van der Waals surface area contributed by atoms with E-state index in [1.54, 1.807) is 6.92 Å². The topological polar surface area (TPSA) is 63.4 Å². The van der Waals surface area contributed by atoms with Crippen LogP contribution in [0.3, 0.4) is 0 Å². The number of unbranched alkanes of at least 4 members (excludes halogenated alkanes) is 1. The lowest BCUT2D eigenvalue weighted by Gasteiger charge is -2.23. The van der Waals surface area contributed by atoms with Crippen LogP contribution in [0.4, 0.5) is 18.9 Å². The fourth-order valence-corrected chi connectivity index (χ4v) is 3.40. The molecule has 0 radical (unpaired) electrons. The van der Waals surface area contributed by atoms with Crippen molar-refractivity contribution in [1.29, 1.82) is 0 Å². The Bertz CT molecular complexity index is 591. The molecule has 0 aliphatic carbocycles. The fraction of sp³-hybridized carbons (Fsp3) is 0.500. The Morgan fingerprint density at radius 3 is 2.43 bits per heavy atom. The van der Waals surface area contributed by atoms with E-state index in [-0.39, 0.29) is 17.1 Å². The smallest absolute Gasteiger partial charge is 0.398 e. The van der Waals surface area contributed by atoms with Crippen molar-refractivity contribution in [2.24, 2.45) is 0 Å². The number of anilines is 1. The van der Waals surface area contributed by atoms with Crippen LogP contribution in [0.5, 0.6) is 0 Å². The number of halogens is 4. The van der Waals surface area contributed by atoms with Crippen molar-refractivity contribution in [3.8, 4) is 0 Å². The van der Waals surface area contributed by atoms with Crippen LogP contribution in [0.1, 0.15) is 19.8 Å². The molecule has 0 bridgehead atoms. The second-order valence-corrected chi connectivity index (χ2v) is 7.28. The second-order valence-electron chi connectivity index (χ2n) is 4.49. The van der Waals surface area contributed by atoms with Crippen LogP contribution in [0.15, 0.2) is 27.6 Å². The zero-order chi connectivity index (χ0) is 16.3. The van der Waals surface area contributed by atoms with Crippen molar-refractivity contribution < 1.29 is 21.6 Å². The SMILES string of the molecule is CCCCN(CC(F)(F)F)S(=O)(=O)c1ccc(Br)c(N)c1. The first-order valence-electron chi connectivity index (χ1n) is 6.20. The van der Waals surface area contributed by atoms with Crippen LogP contribution in [0, 0.1) is 0 Å². The molecule has 0 fully saturated rings. The van der Waals surface area contributed by atoms with Gasteiger partial charge < -0.3 is 5.73 Å². The van der Waals surface area contributed by atoms with Crippen LogP contribution in [0.25, 0.3) is 0 Å². The molecule has 9 heteroatoms. The zero-order valence-electron chi connectivity index (χ0n) is 11.3. The van der Waals surface area contributed by atoms with E-state index < -0.39 is 22.7 Å². The molecule has 4 nitrogen and oxygen atoms in total. The molecule has 21 heavy (non-hydrogen) atoms. The first kappa shape index (κ1) is 18.2. The molecule has 0 unspecified atom stereocenters. The molecule has 0 amide bonds. The van der Waals surface area contributed by atoms with Gasteiger partial charge in [-0.05, 0) is 40.5 Å². The summed E-state index contributed by atoms with van der Waals surface area (Å²) in [6.07, 6.45) is -3.66. The average Bonchev–Trinajstić information content (AvgIpc) is 2.36. The third kappa shape index (κ3) is 5.15. The number of nitrogens with two attached hydrogens (primary N) is 1. The predicted molar refractivity (Wildman–Crippen MR) is 78.3 cm³/mol. The highest BCUT2D eigenvalue weighted by molar-refractivity contribution is 9.10. The highest BCUT2D eigenvalue weighted by Gasteiger charge is 2.36. The molecule has 0 atom stereocenters. The maximum atomic E-state index is 12.6.